The van der Waals surface area contributed by atoms with E-state index in [9.17, 15) is 9.90 Å². The van der Waals surface area contributed by atoms with Crippen molar-refractivity contribution in [2.45, 2.75) is 33.6 Å². The Morgan fingerprint density at radius 2 is 2.06 bits per heavy atom. The fourth-order valence-electron chi connectivity index (χ4n) is 2.51. The second-order valence-corrected chi connectivity index (χ2v) is 5.06. The van der Waals surface area contributed by atoms with E-state index in [1.165, 1.54) is 0 Å². The fourth-order valence-corrected chi connectivity index (χ4v) is 2.51. The molecule has 1 fully saturated rings. The summed E-state index contributed by atoms with van der Waals surface area (Å²) in [5, 5.41) is 9.37. The molecule has 0 aromatic carbocycles. The lowest BCUT2D eigenvalue weighted by Crippen LogP contribution is -2.34. The van der Waals surface area contributed by atoms with Crippen LogP contribution in [0.5, 0.6) is 0 Å². The Hall–Kier alpha value is -1.65. The number of nitrogens with zero attached hydrogens (tertiary/aromatic N) is 3. The van der Waals surface area contributed by atoms with E-state index >= 15 is 0 Å². The smallest absolute Gasteiger partial charge is 0.311 e. The van der Waals surface area contributed by atoms with Crippen molar-refractivity contribution < 1.29 is 9.90 Å². The molecule has 5 heteroatoms. The van der Waals surface area contributed by atoms with Gasteiger partial charge in [-0.25, -0.2) is 9.97 Å². The van der Waals surface area contributed by atoms with Gasteiger partial charge >= 0.3 is 5.97 Å². The van der Waals surface area contributed by atoms with Gasteiger partial charge in [-0.2, -0.15) is 0 Å². The van der Waals surface area contributed by atoms with Gasteiger partial charge in [-0.15, -0.1) is 0 Å². The first-order valence-electron chi connectivity index (χ1n) is 6.27. The Morgan fingerprint density at radius 1 is 1.44 bits per heavy atom. The topological polar surface area (TPSA) is 66.3 Å². The minimum absolute atomic E-state index is 0.502. The van der Waals surface area contributed by atoms with Crippen LogP contribution in [0.4, 0.5) is 5.95 Å². The minimum Gasteiger partial charge on any atom is -0.481 e. The molecule has 1 aromatic heterocycles. The molecule has 0 saturated carbocycles. The lowest BCUT2D eigenvalue weighted by Gasteiger charge is -2.23. The quantitative estimate of drug-likeness (QED) is 0.884. The van der Waals surface area contributed by atoms with Crippen LogP contribution in [0.2, 0.25) is 0 Å². The van der Waals surface area contributed by atoms with Gasteiger partial charge in [-0.1, -0.05) is 6.92 Å². The highest BCUT2D eigenvalue weighted by atomic mass is 16.4. The van der Waals surface area contributed by atoms with Crippen molar-refractivity contribution in [1.29, 1.82) is 0 Å². The average molecular weight is 249 g/mol. The largest absolute Gasteiger partial charge is 0.481 e. The van der Waals surface area contributed by atoms with Crippen LogP contribution < -0.4 is 4.90 Å². The summed E-state index contributed by atoms with van der Waals surface area (Å²) in [5.74, 6) is -0.0547. The molecule has 0 amide bonds. The second kappa shape index (κ2) is 4.55. The number of aliphatic carboxylic acids is 1. The summed E-state index contributed by atoms with van der Waals surface area (Å²) >= 11 is 0. The Bertz CT molecular complexity index is 455. The molecular formula is C13H19N3O2. The first kappa shape index (κ1) is 12.8. The number of carbonyl (C=O) groups is 1. The van der Waals surface area contributed by atoms with Crippen LogP contribution >= 0.6 is 0 Å². The molecule has 0 radical (unpaired) electrons. The molecule has 1 aliphatic rings. The van der Waals surface area contributed by atoms with Crippen LogP contribution in [0, 0.1) is 19.3 Å². The number of aromatic nitrogens is 2. The van der Waals surface area contributed by atoms with Crippen LogP contribution in [-0.4, -0.2) is 34.1 Å². The summed E-state index contributed by atoms with van der Waals surface area (Å²) in [4.78, 5) is 22.2. The van der Waals surface area contributed by atoms with Crippen molar-refractivity contribution in [1.82, 2.24) is 9.97 Å². The predicted octanol–water partition coefficient (Wildman–Crippen LogP) is 1.78. The summed E-state index contributed by atoms with van der Waals surface area (Å²) in [7, 11) is 0. The number of anilines is 1. The minimum atomic E-state index is -0.711. The summed E-state index contributed by atoms with van der Waals surface area (Å²) in [5.41, 5.74) is 1.20. The van der Waals surface area contributed by atoms with Crippen molar-refractivity contribution >= 4 is 11.9 Å². The lowest BCUT2D eigenvalue weighted by atomic mass is 9.84. The summed E-state index contributed by atoms with van der Waals surface area (Å²) in [6.45, 7) is 7.00. The monoisotopic (exact) mass is 249 g/mol. The third kappa shape index (κ3) is 2.17. The number of carboxylic acid groups (broad SMARTS) is 1. The van der Waals surface area contributed by atoms with E-state index in [1.54, 1.807) is 0 Å². The maximum Gasteiger partial charge on any atom is 0.311 e. The molecule has 2 heterocycles. The van der Waals surface area contributed by atoms with Gasteiger partial charge in [0.15, 0.2) is 0 Å². The van der Waals surface area contributed by atoms with Crippen LogP contribution in [0.25, 0.3) is 0 Å². The molecule has 1 aliphatic heterocycles. The van der Waals surface area contributed by atoms with E-state index < -0.39 is 11.4 Å². The molecule has 1 N–H and O–H groups in total. The van der Waals surface area contributed by atoms with Gasteiger partial charge in [0, 0.05) is 24.5 Å². The molecule has 0 bridgehead atoms. The lowest BCUT2D eigenvalue weighted by molar-refractivity contribution is -0.147. The SMILES string of the molecule is CCC1(C(=O)O)CCN(c2nc(C)cc(C)n2)C1. The summed E-state index contributed by atoms with van der Waals surface area (Å²) < 4.78 is 0. The van der Waals surface area contributed by atoms with E-state index in [0.29, 0.717) is 31.9 Å². The van der Waals surface area contributed by atoms with Gasteiger partial charge in [-0.3, -0.25) is 4.79 Å². The van der Waals surface area contributed by atoms with Crippen molar-refractivity contribution in [2.24, 2.45) is 5.41 Å². The maximum atomic E-state index is 11.4. The number of carboxylic acids is 1. The molecule has 1 atom stereocenters. The van der Waals surface area contributed by atoms with E-state index in [2.05, 4.69) is 9.97 Å². The highest BCUT2D eigenvalue weighted by Crippen LogP contribution is 2.35. The zero-order chi connectivity index (χ0) is 13.3. The van der Waals surface area contributed by atoms with Crippen molar-refractivity contribution in [2.75, 3.05) is 18.0 Å². The molecule has 2 rings (SSSR count). The fraction of sp³-hybridized carbons (Fsp3) is 0.615. The van der Waals surface area contributed by atoms with Crippen molar-refractivity contribution in [3.63, 3.8) is 0 Å². The van der Waals surface area contributed by atoms with Gasteiger partial charge in [0.05, 0.1) is 5.41 Å². The molecule has 0 spiro atoms. The first-order chi connectivity index (χ1) is 8.47. The molecule has 18 heavy (non-hydrogen) atoms. The van der Waals surface area contributed by atoms with Gasteiger partial charge < -0.3 is 10.0 Å². The normalized spacial score (nSPS) is 23.4. The van der Waals surface area contributed by atoms with E-state index in [-0.39, 0.29) is 0 Å². The second-order valence-electron chi connectivity index (χ2n) is 5.06. The molecule has 1 aromatic rings. The van der Waals surface area contributed by atoms with Gasteiger partial charge in [-0.05, 0) is 32.8 Å². The standard InChI is InChI=1S/C13H19N3O2/c1-4-13(11(17)18)5-6-16(8-13)12-14-9(2)7-10(3)15-12/h7H,4-6,8H2,1-3H3,(H,17,18). The molecule has 1 saturated heterocycles. The third-order valence-corrected chi connectivity index (χ3v) is 3.74. The molecule has 1 unspecified atom stereocenters. The predicted molar refractivity (Wildman–Crippen MR) is 68.7 cm³/mol. The van der Waals surface area contributed by atoms with Crippen molar-refractivity contribution in [3.8, 4) is 0 Å². The third-order valence-electron chi connectivity index (χ3n) is 3.74. The molecule has 0 aliphatic carbocycles. The van der Waals surface area contributed by atoms with Gasteiger partial charge in [0.2, 0.25) is 5.95 Å². The average Bonchev–Trinajstić information content (AvgIpc) is 2.73. The van der Waals surface area contributed by atoms with Crippen LogP contribution in [0.1, 0.15) is 31.2 Å². The highest BCUT2D eigenvalue weighted by Gasteiger charge is 2.44. The maximum absolute atomic E-state index is 11.4. The van der Waals surface area contributed by atoms with Gasteiger partial charge in [0.25, 0.3) is 0 Å². The summed E-state index contributed by atoms with van der Waals surface area (Å²) in [6.07, 6.45) is 1.30. The van der Waals surface area contributed by atoms with E-state index in [0.717, 1.165) is 11.4 Å². The Kier molecular flexibility index (Phi) is 3.24. The number of hydrogen-bond acceptors (Lipinski definition) is 4. The molecule has 5 nitrogen and oxygen atoms in total. The van der Waals surface area contributed by atoms with E-state index in [4.69, 9.17) is 0 Å². The van der Waals surface area contributed by atoms with E-state index in [1.807, 2.05) is 31.7 Å². The zero-order valence-corrected chi connectivity index (χ0v) is 11.1. The van der Waals surface area contributed by atoms with Crippen LogP contribution in [0.15, 0.2) is 6.07 Å². The van der Waals surface area contributed by atoms with Crippen LogP contribution in [-0.2, 0) is 4.79 Å². The number of rotatable bonds is 3. The Balaban J connectivity index is 2.25. The highest BCUT2D eigenvalue weighted by molar-refractivity contribution is 5.76. The molecular weight excluding hydrogens is 230 g/mol. The van der Waals surface area contributed by atoms with Crippen LogP contribution in [0.3, 0.4) is 0 Å². The summed E-state index contributed by atoms with van der Waals surface area (Å²) in [6, 6.07) is 1.92. The van der Waals surface area contributed by atoms with Crippen molar-refractivity contribution in [3.05, 3.63) is 17.5 Å². The first-order valence-corrected chi connectivity index (χ1v) is 6.27. The number of hydrogen-bond donors (Lipinski definition) is 1. The van der Waals surface area contributed by atoms with Gasteiger partial charge in [0.1, 0.15) is 0 Å². The Morgan fingerprint density at radius 3 is 2.50 bits per heavy atom. The Labute approximate surface area is 107 Å². The molecule has 98 valence electrons. The zero-order valence-electron chi connectivity index (χ0n) is 11.1. The number of aryl methyl sites for hydroxylation is 2.